The minimum Gasteiger partial charge on any atom is -0.355 e. The fraction of sp³-hybridized carbons (Fsp3) is 0.438. The van der Waals surface area contributed by atoms with Crippen LogP contribution in [0.15, 0.2) is 18.2 Å². The molecule has 1 aliphatic heterocycles. The molecule has 1 aromatic rings. The number of halogens is 2. The van der Waals surface area contributed by atoms with Crippen molar-refractivity contribution < 1.29 is 23.2 Å². The van der Waals surface area contributed by atoms with Crippen molar-refractivity contribution >= 4 is 17.7 Å². The first kappa shape index (κ1) is 17.8. The second-order valence-corrected chi connectivity index (χ2v) is 5.49. The summed E-state index contributed by atoms with van der Waals surface area (Å²) in [6.07, 6.45) is 2.08. The largest absolute Gasteiger partial charge is 0.355 e. The van der Waals surface area contributed by atoms with Crippen molar-refractivity contribution in [3.05, 3.63) is 35.4 Å². The number of rotatable bonds is 7. The molecule has 1 aromatic carbocycles. The molecule has 3 amide bonds. The standard InChI is InChI=1S/C16H19F2N3O3/c17-11-4-5-12(13(18)9-11)16(24)20-10-14(22)19-6-2-8-21-7-1-3-15(21)23/h4-5,9H,1-3,6-8,10H2,(H,19,22)(H,20,24). The molecule has 130 valence electrons. The number of amides is 3. The lowest BCUT2D eigenvalue weighted by atomic mass is 10.2. The molecule has 24 heavy (non-hydrogen) atoms. The quantitative estimate of drug-likeness (QED) is 0.722. The van der Waals surface area contributed by atoms with E-state index in [9.17, 15) is 23.2 Å². The van der Waals surface area contributed by atoms with E-state index in [0.29, 0.717) is 32.0 Å². The first-order valence-electron chi connectivity index (χ1n) is 7.75. The molecule has 2 N–H and O–H groups in total. The van der Waals surface area contributed by atoms with Crippen LogP contribution in [0, 0.1) is 11.6 Å². The predicted molar refractivity (Wildman–Crippen MR) is 82.1 cm³/mol. The van der Waals surface area contributed by atoms with E-state index in [-0.39, 0.29) is 18.0 Å². The van der Waals surface area contributed by atoms with Gasteiger partial charge in [-0.1, -0.05) is 0 Å². The number of carbonyl (C=O) groups excluding carboxylic acids is 3. The molecule has 0 spiro atoms. The van der Waals surface area contributed by atoms with Gasteiger partial charge in [0.1, 0.15) is 11.6 Å². The van der Waals surface area contributed by atoms with Crippen molar-refractivity contribution in [2.24, 2.45) is 0 Å². The third-order valence-electron chi connectivity index (χ3n) is 3.68. The van der Waals surface area contributed by atoms with Crippen LogP contribution < -0.4 is 10.6 Å². The Balaban J connectivity index is 1.65. The van der Waals surface area contributed by atoms with Crippen molar-refractivity contribution in [1.82, 2.24) is 15.5 Å². The topological polar surface area (TPSA) is 78.5 Å². The van der Waals surface area contributed by atoms with E-state index in [1.165, 1.54) is 0 Å². The van der Waals surface area contributed by atoms with Crippen LogP contribution in [0.2, 0.25) is 0 Å². The molecular formula is C16H19F2N3O3. The Morgan fingerprint density at radius 1 is 1.21 bits per heavy atom. The Labute approximate surface area is 138 Å². The minimum absolute atomic E-state index is 0.134. The normalized spacial score (nSPS) is 13.9. The van der Waals surface area contributed by atoms with Crippen LogP contribution in [-0.2, 0) is 9.59 Å². The van der Waals surface area contributed by atoms with Gasteiger partial charge in [-0.3, -0.25) is 14.4 Å². The van der Waals surface area contributed by atoms with Gasteiger partial charge in [0.15, 0.2) is 0 Å². The maximum Gasteiger partial charge on any atom is 0.254 e. The van der Waals surface area contributed by atoms with E-state index in [1.807, 2.05) is 0 Å². The maximum absolute atomic E-state index is 13.4. The molecule has 0 radical (unpaired) electrons. The van der Waals surface area contributed by atoms with Crippen molar-refractivity contribution in [2.45, 2.75) is 19.3 Å². The molecule has 1 heterocycles. The summed E-state index contributed by atoms with van der Waals surface area (Å²) in [5.41, 5.74) is -0.322. The number of likely N-dealkylation sites (tertiary alicyclic amines) is 1. The second-order valence-electron chi connectivity index (χ2n) is 5.49. The van der Waals surface area contributed by atoms with E-state index in [0.717, 1.165) is 25.1 Å². The third-order valence-corrected chi connectivity index (χ3v) is 3.68. The zero-order valence-corrected chi connectivity index (χ0v) is 13.1. The van der Waals surface area contributed by atoms with Crippen LogP contribution in [0.1, 0.15) is 29.6 Å². The predicted octanol–water partition coefficient (Wildman–Crippen LogP) is 0.823. The molecule has 0 atom stereocenters. The molecule has 0 bridgehead atoms. The highest BCUT2D eigenvalue weighted by Crippen LogP contribution is 2.10. The van der Waals surface area contributed by atoms with E-state index in [2.05, 4.69) is 10.6 Å². The molecule has 0 unspecified atom stereocenters. The van der Waals surface area contributed by atoms with Crippen LogP contribution >= 0.6 is 0 Å². The zero-order valence-electron chi connectivity index (χ0n) is 13.1. The number of nitrogens with one attached hydrogen (secondary N) is 2. The second kappa shape index (κ2) is 8.37. The van der Waals surface area contributed by atoms with Gasteiger partial charge in [-0.2, -0.15) is 0 Å². The summed E-state index contributed by atoms with van der Waals surface area (Å²) < 4.78 is 26.2. The van der Waals surface area contributed by atoms with Crippen molar-refractivity contribution in [1.29, 1.82) is 0 Å². The van der Waals surface area contributed by atoms with Gasteiger partial charge in [-0.25, -0.2) is 8.78 Å². The molecule has 6 nitrogen and oxygen atoms in total. The maximum atomic E-state index is 13.4. The Morgan fingerprint density at radius 2 is 2.00 bits per heavy atom. The van der Waals surface area contributed by atoms with Gasteiger partial charge in [0.25, 0.3) is 5.91 Å². The summed E-state index contributed by atoms with van der Waals surface area (Å²) in [5, 5.41) is 4.88. The molecule has 0 aliphatic carbocycles. The van der Waals surface area contributed by atoms with Gasteiger partial charge in [0, 0.05) is 32.1 Å². The molecule has 1 fully saturated rings. The summed E-state index contributed by atoms with van der Waals surface area (Å²) in [4.78, 5) is 36.5. The lowest BCUT2D eigenvalue weighted by Crippen LogP contribution is -2.38. The summed E-state index contributed by atoms with van der Waals surface area (Å²) in [5.74, 6) is -2.83. The van der Waals surface area contributed by atoms with Crippen LogP contribution in [0.5, 0.6) is 0 Å². The lowest BCUT2D eigenvalue weighted by Gasteiger charge is -2.15. The van der Waals surface area contributed by atoms with E-state index in [4.69, 9.17) is 0 Å². The highest BCUT2D eigenvalue weighted by Gasteiger charge is 2.19. The molecule has 1 saturated heterocycles. The van der Waals surface area contributed by atoms with E-state index < -0.39 is 23.4 Å². The minimum atomic E-state index is -0.983. The van der Waals surface area contributed by atoms with Gasteiger partial charge in [-0.15, -0.1) is 0 Å². The van der Waals surface area contributed by atoms with E-state index >= 15 is 0 Å². The van der Waals surface area contributed by atoms with Crippen molar-refractivity contribution in [3.8, 4) is 0 Å². The van der Waals surface area contributed by atoms with Gasteiger partial charge >= 0.3 is 0 Å². The highest BCUT2D eigenvalue weighted by molar-refractivity contribution is 5.96. The first-order valence-corrected chi connectivity index (χ1v) is 7.75. The van der Waals surface area contributed by atoms with E-state index in [1.54, 1.807) is 4.90 Å². The molecule has 0 aromatic heterocycles. The summed E-state index contributed by atoms with van der Waals surface area (Å²) in [6.45, 7) is 1.42. The average molecular weight is 339 g/mol. The van der Waals surface area contributed by atoms with Gasteiger partial charge < -0.3 is 15.5 Å². The van der Waals surface area contributed by atoms with Gasteiger partial charge in [0.05, 0.1) is 12.1 Å². The molecule has 0 saturated carbocycles. The fourth-order valence-electron chi connectivity index (χ4n) is 2.43. The fourth-order valence-corrected chi connectivity index (χ4v) is 2.43. The summed E-state index contributed by atoms with van der Waals surface area (Å²) >= 11 is 0. The average Bonchev–Trinajstić information content (AvgIpc) is 2.94. The van der Waals surface area contributed by atoms with Crippen LogP contribution in [0.3, 0.4) is 0 Å². The summed E-state index contributed by atoms with van der Waals surface area (Å²) in [6, 6.07) is 2.59. The van der Waals surface area contributed by atoms with Crippen molar-refractivity contribution in [2.75, 3.05) is 26.2 Å². The Kier molecular flexibility index (Phi) is 6.22. The number of benzene rings is 1. The number of hydrogen-bond acceptors (Lipinski definition) is 3. The molecule has 8 heteroatoms. The highest BCUT2D eigenvalue weighted by atomic mass is 19.1. The van der Waals surface area contributed by atoms with Gasteiger partial charge in [0.2, 0.25) is 11.8 Å². The Morgan fingerprint density at radius 3 is 2.67 bits per heavy atom. The molecular weight excluding hydrogens is 320 g/mol. The van der Waals surface area contributed by atoms with Crippen molar-refractivity contribution in [3.63, 3.8) is 0 Å². The molecule has 2 rings (SSSR count). The third kappa shape index (κ3) is 5.00. The Bertz CT molecular complexity index is 637. The molecule has 1 aliphatic rings. The first-order chi connectivity index (χ1) is 11.5. The monoisotopic (exact) mass is 339 g/mol. The number of hydrogen-bond donors (Lipinski definition) is 2. The van der Waals surface area contributed by atoms with Crippen LogP contribution in [0.25, 0.3) is 0 Å². The van der Waals surface area contributed by atoms with Crippen LogP contribution in [-0.4, -0.2) is 48.8 Å². The zero-order chi connectivity index (χ0) is 17.5. The Hall–Kier alpha value is -2.51. The lowest BCUT2D eigenvalue weighted by molar-refractivity contribution is -0.127. The van der Waals surface area contributed by atoms with Gasteiger partial charge in [-0.05, 0) is 25.0 Å². The smallest absolute Gasteiger partial charge is 0.254 e. The SMILES string of the molecule is O=C(CNC(=O)c1ccc(F)cc1F)NCCCN1CCCC1=O. The summed E-state index contributed by atoms with van der Waals surface area (Å²) in [7, 11) is 0. The number of carbonyl (C=O) groups is 3. The number of nitrogens with zero attached hydrogens (tertiary/aromatic N) is 1. The van der Waals surface area contributed by atoms with Crippen LogP contribution in [0.4, 0.5) is 8.78 Å².